The van der Waals surface area contributed by atoms with Crippen molar-refractivity contribution in [3.05, 3.63) is 35.4 Å². The minimum Gasteiger partial charge on any atom is -0.481 e. The van der Waals surface area contributed by atoms with Gasteiger partial charge in [0.05, 0.1) is 11.5 Å². The van der Waals surface area contributed by atoms with Gasteiger partial charge in [-0.25, -0.2) is 0 Å². The van der Waals surface area contributed by atoms with Gasteiger partial charge in [-0.3, -0.25) is 9.59 Å². The second-order valence-electron chi connectivity index (χ2n) is 5.66. The molecule has 1 aliphatic rings. The van der Waals surface area contributed by atoms with Crippen molar-refractivity contribution in [2.45, 2.75) is 38.3 Å². The number of hydrogen-bond donors (Lipinski definition) is 1. The van der Waals surface area contributed by atoms with Crippen molar-refractivity contribution in [3.8, 4) is 0 Å². The minimum absolute atomic E-state index is 0.149. The largest absolute Gasteiger partial charge is 0.481 e. The summed E-state index contributed by atoms with van der Waals surface area (Å²) in [6.45, 7) is 0. The van der Waals surface area contributed by atoms with Crippen LogP contribution in [0.3, 0.4) is 0 Å². The van der Waals surface area contributed by atoms with Crippen molar-refractivity contribution in [2.75, 3.05) is 0 Å². The van der Waals surface area contributed by atoms with Gasteiger partial charge in [0.15, 0.2) is 5.78 Å². The average Bonchev–Trinajstić information content (AvgIpc) is 2.46. The van der Waals surface area contributed by atoms with Crippen LogP contribution in [0.15, 0.2) is 24.3 Å². The van der Waals surface area contributed by atoms with Crippen LogP contribution in [0.2, 0.25) is 0 Å². The Morgan fingerprint density at radius 3 is 2.41 bits per heavy atom. The molecule has 1 aromatic rings. The molecule has 0 aliphatic heterocycles. The topological polar surface area (TPSA) is 54.4 Å². The van der Waals surface area contributed by atoms with Gasteiger partial charge >= 0.3 is 12.1 Å². The molecule has 0 heterocycles. The smallest absolute Gasteiger partial charge is 0.417 e. The molecule has 0 aromatic heterocycles. The molecule has 6 heteroatoms. The summed E-state index contributed by atoms with van der Waals surface area (Å²) >= 11 is 0. The number of carbonyl (C=O) groups is 2. The number of Topliss-reactive ketones (excluding diaryl/α,β-unsaturated/α-hetero) is 1. The molecule has 1 fully saturated rings. The van der Waals surface area contributed by atoms with Crippen molar-refractivity contribution in [1.29, 1.82) is 0 Å². The maximum absolute atomic E-state index is 12.9. The van der Waals surface area contributed by atoms with E-state index in [0.717, 1.165) is 25.0 Å². The molecule has 0 bridgehead atoms. The zero-order chi connectivity index (χ0) is 16.3. The molecule has 0 amide bonds. The quantitative estimate of drug-likeness (QED) is 0.849. The Bertz CT molecular complexity index is 566. The van der Waals surface area contributed by atoms with Crippen molar-refractivity contribution >= 4 is 11.8 Å². The molecule has 1 aromatic carbocycles. The van der Waals surface area contributed by atoms with Crippen LogP contribution in [0.5, 0.6) is 0 Å². The Balaban J connectivity index is 2.20. The summed E-state index contributed by atoms with van der Waals surface area (Å²) in [5.41, 5.74) is -1.33. The van der Waals surface area contributed by atoms with E-state index < -0.39 is 29.4 Å². The number of carboxylic acids is 1. The average molecular weight is 314 g/mol. The third-order valence-electron chi connectivity index (χ3n) is 4.21. The fourth-order valence-corrected chi connectivity index (χ4v) is 3.10. The third-order valence-corrected chi connectivity index (χ3v) is 4.21. The number of halogens is 3. The highest BCUT2D eigenvalue weighted by atomic mass is 19.4. The lowest BCUT2D eigenvalue weighted by Gasteiger charge is -2.28. The Morgan fingerprint density at radius 2 is 1.77 bits per heavy atom. The molecule has 0 radical (unpaired) electrons. The van der Waals surface area contributed by atoms with Gasteiger partial charge in [-0.05, 0) is 24.8 Å². The second-order valence-corrected chi connectivity index (χ2v) is 5.66. The van der Waals surface area contributed by atoms with Crippen LogP contribution < -0.4 is 0 Å². The van der Waals surface area contributed by atoms with Gasteiger partial charge in [0, 0.05) is 12.0 Å². The monoisotopic (exact) mass is 314 g/mol. The molecule has 22 heavy (non-hydrogen) atoms. The van der Waals surface area contributed by atoms with Gasteiger partial charge in [-0.1, -0.05) is 31.0 Å². The van der Waals surface area contributed by atoms with Gasteiger partial charge < -0.3 is 5.11 Å². The van der Waals surface area contributed by atoms with Crippen LogP contribution in [0, 0.1) is 11.8 Å². The van der Waals surface area contributed by atoms with E-state index in [2.05, 4.69) is 0 Å². The molecule has 0 saturated heterocycles. The normalized spacial score (nSPS) is 22.3. The summed E-state index contributed by atoms with van der Waals surface area (Å²) in [5.74, 6) is -2.64. The number of alkyl halides is 3. The minimum atomic E-state index is -4.59. The lowest BCUT2D eigenvalue weighted by Crippen LogP contribution is -2.29. The van der Waals surface area contributed by atoms with Crippen molar-refractivity contribution < 1.29 is 27.9 Å². The summed E-state index contributed by atoms with van der Waals surface area (Å²) < 4.78 is 38.8. The zero-order valence-electron chi connectivity index (χ0n) is 11.9. The number of ketones is 1. The van der Waals surface area contributed by atoms with E-state index in [1.807, 2.05) is 0 Å². The van der Waals surface area contributed by atoms with Crippen LogP contribution in [-0.2, 0) is 11.0 Å². The molecular formula is C16H17F3O3. The van der Waals surface area contributed by atoms with Crippen molar-refractivity contribution in [1.82, 2.24) is 0 Å². The lowest BCUT2D eigenvalue weighted by atomic mass is 9.76. The first-order valence-electron chi connectivity index (χ1n) is 7.23. The molecule has 0 spiro atoms. The van der Waals surface area contributed by atoms with Crippen LogP contribution >= 0.6 is 0 Å². The fourth-order valence-electron chi connectivity index (χ4n) is 3.10. The summed E-state index contributed by atoms with van der Waals surface area (Å²) in [6, 6.07) is 4.66. The van der Waals surface area contributed by atoms with E-state index in [9.17, 15) is 27.9 Å². The molecule has 120 valence electrons. The molecule has 2 atom stereocenters. The van der Waals surface area contributed by atoms with Crippen molar-refractivity contribution in [2.24, 2.45) is 11.8 Å². The Kier molecular flexibility index (Phi) is 4.88. The van der Waals surface area contributed by atoms with E-state index in [4.69, 9.17) is 0 Å². The Labute approximate surface area is 126 Å². The number of benzene rings is 1. The number of rotatable bonds is 4. The predicted octanol–water partition coefficient (Wildman–Crippen LogP) is 4.17. The summed E-state index contributed by atoms with van der Waals surface area (Å²) in [7, 11) is 0. The van der Waals surface area contributed by atoms with Crippen LogP contribution in [0.4, 0.5) is 13.2 Å². The van der Waals surface area contributed by atoms with E-state index in [0.29, 0.717) is 12.8 Å². The van der Waals surface area contributed by atoms with E-state index in [-0.39, 0.29) is 17.9 Å². The van der Waals surface area contributed by atoms with Gasteiger partial charge in [0.25, 0.3) is 0 Å². The predicted molar refractivity (Wildman–Crippen MR) is 73.5 cm³/mol. The molecule has 1 saturated carbocycles. The molecule has 3 nitrogen and oxygen atoms in total. The van der Waals surface area contributed by atoms with Gasteiger partial charge in [0.2, 0.25) is 0 Å². The zero-order valence-corrected chi connectivity index (χ0v) is 11.9. The lowest BCUT2D eigenvalue weighted by molar-refractivity contribution is -0.145. The summed E-state index contributed by atoms with van der Waals surface area (Å²) in [4.78, 5) is 23.5. The van der Waals surface area contributed by atoms with Crippen molar-refractivity contribution in [3.63, 3.8) is 0 Å². The standard InChI is InChI=1S/C16H17F3O3/c17-16(18,19)13-8-4-3-7-12(13)14(20)9-10-5-1-2-6-11(10)15(21)22/h3-4,7-8,10-11H,1-2,5-6,9H2,(H,21,22)/t10-,11-/m1/s1. The first-order chi connectivity index (χ1) is 10.3. The summed E-state index contributed by atoms with van der Waals surface area (Å²) in [6.07, 6.45) is -2.11. The maximum atomic E-state index is 12.9. The maximum Gasteiger partial charge on any atom is 0.417 e. The number of carboxylic acid groups (broad SMARTS) is 1. The highest BCUT2D eigenvalue weighted by Crippen LogP contribution is 2.36. The first kappa shape index (κ1) is 16.5. The Morgan fingerprint density at radius 1 is 1.14 bits per heavy atom. The SMILES string of the molecule is O=C(C[C@H]1CCCC[C@H]1C(=O)O)c1ccccc1C(F)(F)F. The fraction of sp³-hybridized carbons (Fsp3) is 0.500. The van der Waals surface area contributed by atoms with E-state index in [1.165, 1.54) is 12.1 Å². The highest BCUT2D eigenvalue weighted by Gasteiger charge is 2.37. The van der Waals surface area contributed by atoms with Crippen LogP contribution in [0.25, 0.3) is 0 Å². The number of aliphatic carboxylic acids is 1. The van der Waals surface area contributed by atoms with Crippen LogP contribution in [0.1, 0.15) is 48.0 Å². The summed E-state index contributed by atoms with van der Waals surface area (Å²) in [5, 5.41) is 9.18. The molecule has 1 aliphatic carbocycles. The van der Waals surface area contributed by atoms with Gasteiger partial charge in [0.1, 0.15) is 0 Å². The van der Waals surface area contributed by atoms with Gasteiger partial charge in [-0.2, -0.15) is 13.2 Å². The third kappa shape index (κ3) is 3.67. The molecule has 1 N–H and O–H groups in total. The molecule has 2 rings (SSSR count). The number of hydrogen-bond acceptors (Lipinski definition) is 2. The van der Waals surface area contributed by atoms with Gasteiger partial charge in [-0.15, -0.1) is 0 Å². The molecular weight excluding hydrogens is 297 g/mol. The van der Waals surface area contributed by atoms with E-state index in [1.54, 1.807) is 0 Å². The number of carbonyl (C=O) groups excluding carboxylic acids is 1. The van der Waals surface area contributed by atoms with E-state index >= 15 is 0 Å². The van der Waals surface area contributed by atoms with Crippen LogP contribution in [-0.4, -0.2) is 16.9 Å². The highest BCUT2D eigenvalue weighted by molar-refractivity contribution is 5.98. The Hall–Kier alpha value is -1.85. The first-order valence-corrected chi connectivity index (χ1v) is 7.23. The second kappa shape index (κ2) is 6.50. The molecule has 0 unspecified atom stereocenters.